The predicted molar refractivity (Wildman–Crippen MR) is 67.6 cm³/mol. The highest BCUT2D eigenvalue weighted by Gasteiger charge is 2.10. The van der Waals surface area contributed by atoms with Crippen molar-refractivity contribution in [2.45, 2.75) is 32.9 Å². The molecule has 3 nitrogen and oxygen atoms in total. The van der Waals surface area contributed by atoms with Gasteiger partial charge in [0.1, 0.15) is 0 Å². The highest BCUT2D eigenvalue weighted by Crippen LogP contribution is 2.22. The lowest BCUT2D eigenvalue weighted by atomic mass is 10.2. The molecule has 2 aromatic rings. The fourth-order valence-corrected chi connectivity index (χ4v) is 2.88. The summed E-state index contributed by atoms with van der Waals surface area (Å²) < 4.78 is 2.16. The molecule has 86 valence electrons. The predicted octanol–water partition coefficient (Wildman–Crippen LogP) is 2.52. The molecule has 0 amide bonds. The Bertz CT molecular complexity index is 458. The first-order valence-corrected chi connectivity index (χ1v) is 6.28. The Morgan fingerprint density at radius 2 is 2.31 bits per heavy atom. The SMILES string of the molecule is Cc1ccc(CC(C)n2cncc2CN)s1. The molecule has 0 aromatic carbocycles. The zero-order valence-corrected chi connectivity index (χ0v) is 10.5. The summed E-state index contributed by atoms with van der Waals surface area (Å²) in [6.07, 6.45) is 4.76. The molecule has 2 heterocycles. The lowest BCUT2D eigenvalue weighted by Gasteiger charge is -2.14. The average molecular weight is 235 g/mol. The van der Waals surface area contributed by atoms with E-state index in [9.17, 15) is 0 Å². The molecule has 2 rings (SSSR count). The van der Waals surface area contributed by atoms with Gasteiger partial charge in [0, 0.05) is 35.0 Å². The van der Waals surface area contributed by atoms with E-state index < -0.39 is 0 Å². The van der Waals surface area contributed by atoms with Crippen LogP contribution in [-0.4, -0.2) is 9.55 Å². The number of aryl methyl sites for hydroxylation is 1. The number of hydrogen-bond donors (Lipinski definition) is 1. The number of nitrogens with two attached hydrogens (primary N) is 1. The van der Waals surface area contributed by atoms with Crippen LogP contribution in [0.2, 0.25) is 0 Å². The maximum Gasteiger partial charge on any atom is 0.0951 e. The number of aromatic nitrogens is 2. The van der Waals surface area contributed by atoms with Gasteiger partial charge in [0.05, 0.1) is 12.0 Å². The standard InChI is InChI=1S/C12H17N3S/c1-9(5-12-4-3-10(2)16-12)15-8-14-7-11(15)6-13/h3-4,7-9H,5-6,13H2,1-2H3. The highest BCUT2D eigenvalue weighted by molar-refractivity contribution is 7.11. The van der Waals surface area contributed by atoms with Crippen LogP contribution in [-0.2, 0) is 13.0 Å². The smallest absolute Gasteiger partial charge is 0.0951 e. The molecule has 2 N–H and O–H groups in total. The second-order valence-electron chi connectivity index (χ2n) is 4.06. The van der Waals surface area contributed by atoms with Crippen LogP contribution in [0.5, 0.6) is 0 Å². The minimum Gasteiger partial charge on any atom is -0.330 e. The van der Waals surface area contributed by atoms with Crippen LogP contribution in [0, 0.1) is 6.92 Å². The fraction of sp³-hybridized carbons (Fsp3) is 0.417. The molecule has 1 unspecified atom stereocenters. The average Bonchev–Trinajstić information content (AvgIpc) is 2.86. The van der Waals surface area contributed by atoms with Gasteiger partial charge in [-0.05, 0) is 26.0 Å². The Balaban J connectivity index is 2.11. The Morgan fingerprint density at radius 1 is 1.50 bits per heavy atom. The molecule has 0 radical (unpaired) electrons. The molecule has 0 fully saturated rings. The van der Waals surface area contributed by atoms with E-state index in [1.165, 1.54) is 9.75 Å². The van der Waals surface area contributed by atoms with Gasteiger partial charge in [-0.15, -0.1) is 11.3 Å². The first-order chi connectivity index (χ1) is 7.70. The molecular weight excluding hydrogens is 218 g/mol. The van der Waals surface area contributed by atoms with Crippen LogP contribution in [0.3, 0.4) is 0 Å². The summed E-state index contributed by atoms with van der Waals surface area (Å²) in [5.41, 5.74) is 6.77. The molecular formula is C12H17N3S. The summed E-state index contributed by atoms with van der Waals surface area (Å²) in [5, 5.41) is 0. The van der Waals surface area contributed by atoms with E-state index in [1.54, 1.807) is 0 Å². The molecule has 0 spiro atoms. The van der Waals surface area contributed by atoms with E-state index in [-0.39, 0.29) is 0 Å². The molecule has 2 aromatic heterocycles. The fourth-order valence-electron chi connectivity index (χ4n) is 1.87. The Kier molecular flexibility index (Phi) is 3.41. The van der Waals surface area contributed by atoms with Crippen molar-refractivity contribution < 1.29 is 0 Å². The zero-order chi connectivity index (χ0) is 11.5. The van der Waals surface area contributed by atoms with Crippen molar-refractivity contribution in [3.8, 4) is 0 Å². The number of rotatable bonds is 4. The van der Waals surface area contributed by atoms with E-state index in [0.29, 0.717) is 12.6 Å². The minimum atomic E-state index is 0.416. The molecule has 0 saturated carbocycles. The summed E-state index contributed by atoms with van der Waals surface area (Å²) in [6.45, 7) is 4.89. The molecule has 4 heteroatoms. The molecule has 0 saturated heterocycles. The van der Waals surface area contributed by atoms with Crippen LogP contribution in [0.4, 0.5) is 0 Å². The van der Waals surface area contributed by atoms with Gasteiger partial charge in [-0.1, -0.05) is 0 Å². The van der Waals surface area contributed by atoms with Gasteiger partial charge in [-0.25, -0.2) is 4.98 Å². The summed E-state index contributed by atoms with van der Waals surface area (Å²) in [6, 6.07) is 4.79. The zero-order valence-electron chi connectivity index (χ0n) is 9.68. The monoisotopic (exact) mass is 235 g/mol. The lowest BCUT2D eigenvalue weighted by molar-refractivity contribution is 0.528. The number of imidazole rings is 1. The van der Waals surface area contributed by atoms with Crippen molar-refractivity contribution in [3.63, 3.8) is 0 Å². The van der Waals surface area contributed by atoms with Gasteiger partial charge < -0.3 is 10.3 Å². The van der Waals surface area contributed by atoms with Crippen molar-refractivity contribution in [1.82, 2.24) is 9.55 Å². The van der Waals surface area contributed by atoms with Gasteiger partial charge in [0.2, 0.25) is 0 Å². The van der Waals surface area contributed by atoms with Crippen molar-refractivity contribution in [1.29, 1.82) is 0 Å². The van der Waals surface area contributed by atoms with E-state index >= 15 is 0 Å². The summed E-state index contributed by atoms with van der Waals surface area (Å²) in [4.78, 5) is 6.93. The van der Waals surface area contributed by atoms with Gasteiger partial charge >= 0.3 is 0 Å². The summed E-state index contributed by atoms with van der Waals surface area (Å²) >= 11 is 1.86. The number of thiophene rings is 1. The molecule has 0 aliphatic carbocycles. The van der Waals surface area contributed by atoms with Crippen LogP contribution in [0.1, 0.15) is 28.4 Å². The Morgan fingerprint density at radius 3 is 2.94 bits per heavy atom. The third kappa shape index (κ3) is 2.33. The summed E-state index contributed by atoms with van der Waals surface area (Å²) in [5.74, 6) is 0. The largest absolute Gasteiger partial charge is 0.330 e. The van der Waals surface area contributed by atoms with E-state index in [1.807, 2.05) is 23.9 Å². The van der Waals surface area contributed by atoms with Gasteiger partial charge in [-0.3, -0.25) is 0 Å². The second kappa shape index (κ2) is 4.80. The highest BCUT2D eigenvalue weighted by atomic mass is 32.1. The molecule has 0 aliphatic heterocycles. The first-order valence-electron chi connectivity index (χ1n) is 5.46. The molecule has 16 heavy (non-hydrogen) atoms. The van der Waals surface area contributed by atoms with Gasteiger partial charge in [0.15, 0.2) is 0 Å². The maximum absolute atomic E-state index is 5.67. The van der Waals surface area contributed by atoms with Crippen LogP contribution in [0.25, 0.3) is 0 Å². The van der Waals surface area contributed by atoms with Crippen molar-refractivity contribution in [2.24, 2.45) is 5.73 Å². The van der Waals surface area contributed by atoms with E-state index in [0.717, 1.165) is 12.1 Å². The third-order valence-electron chi connectivity index (χ3n) is 2.72. The van der Waals surface area contributed by atoms with Crippen molar-refractivity contribution in [2.75, 3.05) is 0 Å². The van der Waals surface area contributed by atoms with Crippen LogP contribution in [0.15, 0.2) is 24.7 Å². The summed E-state index contributed by atoms with van der Waals surface area (Å²) in [7, 11) is 0. The second-order valence-corrected chi connectivity index (χ2v) is 5.43. The molecule has 0 aliphatic rings. The molecule has 0 bridgehead atoms. The first kappa shape index (κ1) is 11.4. The van der Waals surface area contributed by atoms with Crippen molar-refractivity contribution in [3.05, 3.63) is 40.1 Å². The normalized spacial score (nSPS) is 12.9. The minimum absolute atomic E-state index is 0.416. The third-order valence-corrected chi connectivity index (χ3v) is 3.75. The topological polar surface area (TPSA) is 43.8 Å². The number of nitrogens with zero attached hydrogens (tertiary/aromatic N) is 2. The van der Waals surface area contributed by atoms with Gasteiger partial charge in [0.25, 0.3) is 0 Å². The maximum atomic E-state index is 5.67. The van der Waals surface area contributed by atoms with E-state index in [2.05, 4.69) is 35.5 Å². The van der Waals surface area contributed by atoms with Crippen molar-refractivity contribution >= 4 is 11.3 Å². The quantitative estimate of drug-likeness (QED) is 0.885. The van der Waals surface area contributed by atoms with Crippen LogP contribution < -0.4 is 5.73 Å². The lowest BCUT2D eigenvalue weighted by Crippen LogP contribution is -2.12. The Labute approximate surface area is 99.9 Å². The Hall–Kier alpha value is -1.13. The number of hydrogen-bond acceptors (Lipinski definition) is 3. The molecule has 1 atom stereocenters. The van der Waals surface area contributed by atoms with Crippen LogP contribution >= 0.6 is 11.3 Å². The van der Waals surface area contributed by atoms with Gasteiger partial charge in [-0.2, -0.15) is 0 Å². The van der Waals surface area contributed by atoms with E-state index in [4.69, 9.17) is 5.73 Å².